The number of carbonyl (C=O) groups is 1. The maximum absolute atomic E-state index is 12.1. The van der Waals surface area contributed by atoms with Crippen molar-refractivity contribution in [2.45, 2.75) is 0 Å². The van der Waals surface area contributed by atoms with Crippen molar-refractivity contribution in [3.63, 3.8) is 0 Å². The molecule has 1 fully saturated rings. The summed E-state index contributed by atoms with van der Waals surface area (Å²) in [5.41, 5.74) is 1.64. The molecule has 0 atom stereocenters. The summed E-state index contributed by atoms with van der Waals surface area (Å²) >= 11 is 5.83. The van der Waals surface area contributed by atoms with Gasteiger partial charge in [-0.3, -0.25) is 4.79 Å². The third-order valence-electron chi connectivity index (χ3n) is 3.96. The predicted molar refractivity (Wildman–Crippen MR) is 93.4 cm³/mol. The lowest BCUT2D eigenvalue weighted by molar-refractivity contribution is 0.102. The number of piperazine rings is 1. The minimum absolute atomic E-state index is 0.193. The topological polar surface area (TPSA) is 48.5 Å². The molecule has 6 heteroatoms. The number of carbonyl (C=O) groups excluding carboxylic acids is 1. The first-order chi connectivity index (χ1) is 11.1. The van der Waals surface area contributed by atoms with Gasteiger partial charge >= 0.3 is 0 Å². The van der Waals surface area contributed by atoms with Gasteiger partial charge in [0.2, 0.25) is 0 Å². The van der Waals surface area contributed by atoms with Crippen LogP contribution in [0.4, 0.5) is 11.5 Å². The fourth-order valence-corrected chi connectivity index (χ4v) is 2.63. The van der Waals surface area contributed by atoms with Crippen molar-refractivity contribution in [1.82, 2.24) is 9.88 Å². The average Bonchev–Trinajstić information content (AvgIpc) is 2.57. The molecular weight excluding hydrogens is 312 g/mol. The molecule has 1 saturated heterocycles. The Bertz CT molecular complexity index is 664. The predicted octanol–water partition coefficient (Wildman–Crippen LogP) is 2.74. The van der Waals surface area contributed by atoms with E-state index in [1.54, 1.807) is 24.3 Å². The lowest BCUT2D eigenvalue weighted by Crippen LogP contribution is -2.44. The Balaban J connectivity index is 1.63. The third kappa shape index (κ3) is 4.00. The largest absolute Gasteiger partial charge is 0.368 e. The Morgan fingerprint density at radius 1 is 1.09 bits per heavy atom. The molecule has 0 saturated carbocycles. The van der Waals surface area contributed by atoms with E-state index in [1.807, 2.05) is 18.3 Å². The van der Waals surface area contributed by atoms with Crippen LogP contribution in [0.3, 0.4) is 0 Å². The molecule has 0 radical (unpaired) electrons. The van der Waals surface area contributed by atoms with E-state index in [0.29, 0.717) is 16.4 Å². The molecule has 0 spiro atoms. The van der Waals surface area contributed by atoms with E-state index < -0.39 is 0 Å². The Labute approximate surface area is 140 Å². The lowest BCUT2D eigenvalue weighted by atomic mass is 10.2. The molecular formula is C17H19ClN4O. The summed E-state index contributed by atoms with van der Waals surface area (Å²) in [6.07, 6.45) is 1.81. The van der Waals surface area contributed by atoms with E-state index in [1.165, 1.54) is 0 Å². The summed E-state index contributed by atoms with van der Waals surface area (Å²) in [6.45, 7) is 4.09. The van der Waals surface area contributed by atoms with Crippen LogP contribution in [0.1, 0.15) is 10.4 Å². The van der Waals surface area contributed by atoms with E-state index in [2.05, 4.69) is 27.1 Å². The van der Waals surface area contributed by atoms with Crippen molar-refractivity contribution in [2.75, 3.05) is 43.4 Å². The highest BCUT2D eigenvalue weighted by molar-refractivity contribution is 6.30. The van der Waals surface area contributed by atoms with Crippen LogP contribution in [-0.2, 0) is 0 Å². The fraction of sp³-hybridized carbons (Fsp3) is 0.294. The molecule has 1 aliphatic rings. The van der Waals surface area contributed by atoms with Crippen LogP contribution in [-0.4, -0.2) is 49.0 Å². The van der Waals surface area contributed by atoms with Crippen LogP contribution < -0.4 is 10.2 Å². The molecule has 1 N–H and O–H groups in total. The molecule has 0 aliphatic carbocycles. The molecule has 120 valence electrons. The van der Waals surface area contributed by atoms with Crippen LogP contribution in [0.2, 0.25) is 5.02 Å². The first-order valence-corrected chi connectivity index (χ1v) is 7.96. The maximum atomic E-state index is 12.1. The lowest BCUT2D eigenvalue weighted by Gasteiger charge is -2.33. The van der Waals surface area contributed by atoms with E-state index >= 15 is 0 Å². The van der Waals surface area contributed by atoms with Crippen LogP contribution in [0, 0.1) is 0 Å². The van der Waals surface area contributed by atoms with Crippen molar-refractivity contribution in [1.29, 1.82) is 0 Å². The number of nitrogens with zero attached hydrogens (tertiary/aromatic N) is 3. The van der Waals surface area contributed by atoms with Gasteiger partial charge in [0, 0.05) is 36.8 Å². The number of hydrogen-bond donors (Lipinski definition) is 1. The molecule has 1 aromatic heterocycles. The summed E-state index contributed by atoms with van der Waals surface area (Å²) < 4.78 is 0. The highest BCUT2D eigenvalue weighted by atomic mass is 35.5. The maximum Gasteiger partial charge on any atom is 0.256 e. The van der Waals surface area contributed by atoms with E-state index in [-0.39, 0.29) is 5.91 Å². The molecule has 3 rings (SSSR count). The van der Waals surface area contributed by atoms with Gasteiger partial charge in [0.1, 0.15) is 5.82 Å². The van der Waals surface area contributed by atoms with Gasteiger partial charge in [-0.1, -0.05) is 11.6 Å². The van der Waals surface area contributed by atoms with Gasteiger partial charge in [0.05, 0.1) is 11.9 Å². The van der Waals surface area contributed by atoms with Gasteiger partial charge in [-0.05, 0) is 43.4 Å². The first kappa shape index (κ1) is 15.8. The Kier molecular flexibility index (Phi) is 4.79. The fourth-order valence-electron chi connectivity index (χ4n) is 2.50. The molecule has 5 nitrogen and oxygen atoms in total. The number of benzene rings is 1. The van der Waals surface area contributed by atoms with Crippen LogP contribution in [0.15, 0.2) is 42.6 Å². The molecule has 1 amide bonds. The molecule has 0 unspecified atom stereocenters. The van der Waals surface area contributed by atoms with E-state index in [4.69, 9.17) is 11.6 Å². The smallest absolute Gasteiger partial charge is 0.256 e. The number of aromatic nitrogens is 1. The number of likely N-dealkylation sites (N-methyl/N-ethyl adjacent to an activating group) is 1. The molecule has 0 bridgehead atoms. The second kappa shape index (κ2) is 6.98. The molecule has 1 aliphatic heterocycles. The number of nitrogens with one attached hydrogen (secondary N) is 1. The Morgan fingerprint density at radius 2 is 1.78 bits per heavy atom. The molecule has 1 aromatic carbocycles. The summed E-state index contributed by atoms with van der Waals surface area (Å²) in [6, 6.07) is 10.6. The van der Waals surface area contributed by atoms with Gasteiger partial charge in [0.15, 0.2) is 0 Å². The molecule has 23 heavy (non-hydrogen) atoms. The van der Waals surface area contributed by atoms with Crippen molar-refractivity contribution >= 4 is 29.0 Å². The minimum Gasteiger partial charge on any atom is -0.368 e. The van der Waals surface area contributed by atoms with Crippen LogP contribution >= 0.6 is 11.6 Å². The summed E-state index contributed by atoms with van der Waals surface area (Å²) in [5, 5.41) is 3.40. The van der Waals surface area contributed by atoms with Gasteiger partial charge in [0.25, 0.3) is 5.91 Å². The van der Waals surface area contributed by atoms with Crippen LogP contribution in [0.25, 0.3) is 0 Å². The Morgan fingerprint density at radius 3 is 2.39 bits per heavy atom. The first-order valence-electron chi connectivity index (χ1n) is 7.58. The monoisotopic (exact) mass is 330 g/mol. The zero-order valence-electron chi connectivity index (χ0n) is 13.0. The van der Waals surface area contributed by atoms with Gasteiger partial charge in [-0.25, -0.2) is 4.98 Å². The standard InChI is InChI=1S/C17H19ClN4O/c1-21-8-10-22(11-9-21)15-6-7-16(19-12-15)20-17(23)13-2-4-14(18)5-3-13/h2-7,12H,8-11H2,1H3,(H,19,20,23). The zero-order chi connectivity index (χ0) is 16.2. The summed E-state index contributed by atoms with van der Waals surface area (Å²) in [5.74, 6) is 0.351. The normalized spacial score (nSPS) is 15.5. The number of hydrogen-bond acceptors (Lipinski definition) is 4. The number of amides is 1. The van der Waals surface area contributed by atoms with Crippen molar-refractivity contribution in [2.24, 2.45) is 0 Å². The van der Waals surface area contributed by atoms with Crippen molar-refractivity contribution < 1.29 is 4.79 Å². The number of anilines is 2. The highest BCUT2D eigenvalue weighted by Crippen LogP contribution is 2.17. The van der Waals surface area contributed by atoms with E-state index in [9.17, 15) is 4.79 Å². The zero-order valence-corrected chi connectivity index (χ0v) is 13.8. The quantitative estimate of drug-likeness (QED) is 0.940. The Hall–Kier alpha value is -2.11. The highest BCUT2D eigenvalue weighted by Gasteiger charge is 2.14. The van der Waals surface area contributed by atoms with Crippen molar-refractivity contribution in [3.05, 3.63) is 53.2 Å². The van der Waals surface area contributed by atoms with Gasteiger partial charge in [-0.2, -0.15) is 0 Å². The minimum atomic E-state index is -0.193. The number of pyridine rings is 1. The van der Waals surface area contributed by atoms with Crippen molar-refractivity contribution in [3.8, 4) is 0 Å². The van der Waals surface area contributed by atoms with Gasteiger partial charge in [-0.15, -0.1) is 0 Å². The third-order valence-corrected chi connectivity index (χ3v) is 4.22. The number of rotatable bonds is 3. The van der Waals surface area contributed by atoms with Gasteiger partial charge < -0.3 is 15.1 Å². The molecule has 2 aromatic rings. The van der Waals surface area contributed by atoms with E-state index in [0.717, 1.165) is 31.9 Å². The molecule has 2 heterocycles. The summed E-state index contributed by atoms with van der Waals surface area (Å²) in [4.78, 5) is 21.1. The summed E-state index contributed by atoms with van der Waals surface area (Å²) in [7, 11) is 2.13. The SMILES string of the molecule is CN1CCN(c2ccc(NC(=O)c3ccc(Cl)cc3)nc2)CC1. The number of halogens is 1. The average molecular weight is 331 g/mol. The second-order valence-corrected chi connectivity index (χ2v) is 6.09. The second-order valence-electron chi connectivity index (χ2n) is 5.65. The van der Waals surface area contributed by atoms with Crippen LogP contribution in [0.5, 0.6) is 0 Å².